The van der Waals surface area contributed by atoms with E-state index < -0.39 is 0 Å². The summed E-state index contributed by atoms with van der Waals surface area (Å²) in [7, 11) is 0. The van der Waals surface area contributed by atoms with Crippen molar-refractivity contribution in [1.29, 1.82) is 0 Å². The van der Waals surface area contributed by atoms with Gasteiger partial charge in [0.15, 0.2) is 5.84 Å². The molecule has 0 aliphatic heterocycles. The van der Waals surface area contributed by atoms with Crippen LogP contribution in [0.5, 0.6) is 0 Å². The van der Waals surface area contributed by atoms with Gasteiger partial charge in [0.2, 0.25) is 0 Å². The molecule has 0 fully saturated rings. The number of aliphatic hydroxyl groups excluding tert-OH is 1. The number of oxime groups is 1. The molecule has 19 heavy (non-hydrogen) atoms. The summed E-state index contributed by atoms with van der Waals surface area (Å²) in [5, 5.41) is 20.7. The fourth-order valence-corrected chi connectivity index (χ4v) is 2.12. The number of aromatic nitrogens is 1. The van der Waals surface area contributed by atoms with E-state index in [2.05, 4.69) is 28.9 Å². The zero-order chi connectivity index (χ0) is 14.3. The second-order valence-corrected chi connectivity index (χ2v) is 4.27. The first-order chi connectivity index (χ1) is 9.17. The summed E-state index contributed by atoms with van der Waals surface area (Å²) in [5.74, 6) is -0.0113. The van der Waals surface area contributed by atoms with Gasteiger partial charge in [-0.25, -0.2) is 0 Å². The van der Waals surface area contributed by atoms with E-state index in [1.807, 2.05) is 6.07 Å². The largest absolute Gasteiger partial charge is 0.409 e. The number of rotatable bonds is 7. The molecule has 0 atom stereocenters. The average molecular weight is 266 g/mol. The normalized spacial score (nSPS) is 11.9. The summed E-state index contributed by atoms with van der Waals surface area (Å²) in [6.07, 6.45) is 3.68. The molecule has 0 saturated heterocycles. The molecular formula is C13H22N4O2. The first-order valence-corrected chi connectivity index (χ1v) is 6.49. The number of nitrogens with two attached hydrogens (primary N) is 1. The molecule has 1 aromatic heterocycles. The van der Waals surface area contributed by atoms with Crippen molar-refractivity contribution in [2.24, 2.45) is 10.9 Å². The van der Waals surface area contributed by atoms with Crippen molar-refractivity contribution in [3.05, 3.63) is 24.0 Å². The van der Waals surface area contributed by atoms with E-state index in [0.29, 0.717) is 18.3 Å². The number of amidine groups is 1. The maximum atomic E-state index is 9.18. The van der Waals surface area contributed by atoms with E-state index in [9.17, 15) is 5.11 Å². The Morgan fingerprint density at radius 1 is 1.42 bits per heavy atom. The summed E-state index contributed by atoms with van der Waals surface area (Å²) in [4.78, 5) is 6.29. The highest BCUT2D eigenvalue weighted by molar-refractivity contribution is 5.95. The molecular weight excluding hydrogens is 244 g/mol. The first kappa shape index (κ1) is 15.2. The lowest BCUT2D eigenvalue weighted by Gasteiger charge is -2.31. The molecule has 0 radical (unpaired) electrons. The van der Waals surface area contributed by atoms with Gasteiger partial charge in [-0.3, -0.25) is 4.98 Å². The molecule has 6 nitrogen and oxygen atoms in total. The van der Waals surface area contributed by atoms with Crippen LogP contribution < -0.4 is 10.6 Å². The Morgan fingerprint density at radius 3 is 2.53 bits per heavy atom. The lowest BCUT2D eigenvalue weighted by molar-refractivity contribution is 0.296. The highest BCUT2D eigenvalue weighted by Crippen LogP contribution is 2.19. The second-order valence-electron chi connectivity index (χ2n) is 4.27. The van der Waals surface area contributed by atoms with Gasteiger partial charge < -0.3 is 20.9 Å². The van der Waals surface area contributed by atoms with Crippen molar-refractivity contribution in [3.63, 3.8) is 0 Å². The smallest absolute Gasteiger partial charge is 0.188 e. The molecule has 0 unspecified atom stereocenters. The van der Waals surface area contributed by atoms with Crippen molar-refractivity contribution < 1.29 is 10.3 Å². The van der Waals surface area contributed by atoms with E-state index in [1.54, 1.807) is 12.3 Å². The van der Waals surface area contributed by atoms with Gasteiger partial charge in [-0.15, -0.1) is 0 Å². The number of hydrogen-bond donors (Lipinski definition) is 3. The second kappa shape index (κ2) is 7.58. The summed E-state index contributed by atoms with van der Waals surface area (Å²) in [5.41, 5.74) is 6.83. The monoisotopic (exact) mass is 266 g/mol. The predicted octanol–water partition coefficient (Wildman–Crippen LogP) is 1.16. The Bertz CT molecular complexity index is 402. The topological polar surface area (TPSA) is 95.0 Å². The summed E-state index contributed by atoms with van der Waals surface area (Å²) >= 11 is 0. The van der Waals surface area contributed by atoms with Crippen molar-refractivity contribution >= 4 is 11.5 Å². The van der Waals surface area contributed by atoms with E-state index in [-0.39, 0.29) is 12.4 Å². The Balaban J connectivity index is 2.97. The molecule has 106 valence electrons. The average Bonchev–Trinajstić information content (AvgIpc) is 2.47. The van der Waals surface area contributed by atoms with Crippen LogP contribution in [0.2, 0.25) is 0 Å². The minimum atomic E-state index is -0.0113. The van der Waals surface area contributed by atoms with Crippen molar-refractivity contribution in [1.82, 2.24) is 4.98 Å². The number of aliphatic hydroxyl groups is 1. The molecule has 6 heteroatoms. The van der Waals surface area contributed by atoms with E-state index >= 15 is 0 Å². The van der Waals surface area contributed by atoms with Crippen molar-refractivity contribution in [2.75, 3.05) is 18.1 Å². The van der Waals surface area contributed by atoms with E-state index in [0.717, 1.165) is 18.5 Å². The predicted molar refractivity (Wildman–Crippen MR) is 75.5 cm³/mol. The zero-order valence-electron chi connectivity index (χ0n) is 11.5. The maximum absolute atomic E-state index is 9.18. The maximum Gasteiger partial charge on any atom is 0.188 e. The Labute approximate surface area is 113 Å². The van der Waals surface area contributed by atoms with Gasteiger partial charge in [0.25, 0.3) is 0 Å². The van der Waals surface area contributed by atoms with Gasteiger partial charge in [0.05, 0.1) is 18.5 Å². The zero-order valence-corrected chi connectivity index (χ0v) is 11.5. The van der Waals surface area contributed by atoms with Crippen LogP contribution in [0.4, 0.5) is 5.69 Å². The molecule has 0 bridgehead atoms. The molecule has 1 aromatic rings. The van der Waals surface area contributed by atoms with Gasteiger partial charge in [-0.2, -0.15) is 0 Å². The molecule has 4 N–H and O–H groups in total. The molecule has 0 saturated carbocycles. The number of hydrogen-bond acceptors (Lipinski definition) is 5. The molecule has 0 aliphatic rings. The SMILES string of the molecule is CCC(CC)N(CCO)c1ccc(/C(N)=N/O)nc1. The number of anilines is 1. The van der Waals surface area contributed by atoms with Gasteiger partial charge >= 0.3 is 0 Å². The van der Waals surface area contributed by atoms with E-state index in [1.165, 1.54) is 0 Å². The highest BCUT2D eigenvalue weighted by atomic mass is 16.4. The number of nitrogens with zero attached hydrogens (tertiary/aromatic N) is 3. The third-order valence-corrected chi connectivity index (χ3v) is 3.17. The van der Waals surface area contributed by atoms with Crippen molar-refractivity contribution in [2.45, 2.75) is 32.7 Å². The summed E-state index contributed by atoms with van der Waals surface area (Å²) in [6.45, 7) is 4.91. The molecule has 0 aromatic carbocycles. The molecule has 1 heterocycles. The lowest BCUT2D eigenvalue weighted by atomic mass is 10.1. The van der Waals surface area contributed by atoms with Crippen LogP contribution in [-0.4, -0.2) is 40.3 Å². The van der Waals surface area contributed by atoms with Gasteiger partial charge in [0, 0.05) is 12.6 Å². The van der Waals surface area contributed by atoms with Crippen LogP contribution in [0, 0.1) is 0 Å². The third kappa shape index (κ3) is 3.82. The molecule has 0 spiro atoms. The summed E-state index contributed by atoms with van der Waals surface area (Å²) in [6, 6.07) is 3.94. The quantitative estimate of drug-likeness (QED) is 0.298. The third-order valence-electron chi connectivity index (χ3n) is 3.17. The molecule has 0 aliphatic carbocycles. The first-order valence-electron chi connectivity index (χ1n) is 6.49. The van der Waals surface area contributed by atoms with Crippen LogP contribution in [0.15, 0.2) is 23.5 Å². The van der Waals surface area contributed by atoms with Crippen LogP contribution in [0.1, 0.15) is 32.4 Å². The van der Waals surface area contributed by atoms with Crippen molar-refractivity contribution in [3.8, 4) is 0 Å². The summed E-state index contributed by atoms with van der Waals surface area (Å²) < 4.78 is 0. The lowest BCUT2D eigenvalue weighted by Crippen LogP contribution is -2.36. The minimum Gasteiger partial charge on any atom is -0.409 e. The Hall–Kier alpha value is -1.82. The Morgan fingerprint density at radius 2 is 2.11 bits per heavy atom. The standard InChI is InChI=1S/C13H22N4O2/c1-3-10(4-2)17(7-8-18)11-5-6-12(15-9-11)13(14)16-19/h5-6,9-10,18-19H,3-4,7-8H2,1-2H3,(H2,14,16). The van der Waals surface area contributed by atoms with E-state index in [4.69, 9.17) is 10.9 Å². The van der Waals surface area contributed by atoms with Crippen LogP contribution >= 0.6 is 0 Å². The molecule has 0 amide bonds. The fourth-order valence-electron chi connectivity index (χ4n) is 2.12. The Kier molecular flexibility index (Phi) is 6.08. The minimum absolute atomic E-state index is 0.0113. The number of pyridine rings is 1. The van der Waals surface area contributed by atoms with Crippen LogP contribution in [0.25, 0.3) is 0 Å². The fraction of sp³-hybridized carbons (Fsp3) is 0.538. The van der Waals surface area contributed by atoms with Gasteiger partial charge in [0.1, 0.15) is 5.69 Å². The van der Waals surface area contributed by atoms with Crippen LogP contribution in [-0.2, 0) is 0 Å². The molecule has 1 rings (SSSR count). The van der Waals surface area contributed by atoms with Crippen LogP contribution in [0.3, 0.4) is 0 Å². The highest BCUT2D eigenvalue weighted by Gasteiger charge is 2.15. The van der Waals surface area contributed by atoms with Gasteiger partial charge in [-0.05, 0) is 25.0 Å². The van der Waals surface area contributed by atoms with Gasteiger partial charge in [-0.1, -0.05) is 19.0 Å².